The molecular formula is C16H26N2O2. The highest BCUT2D eigenvalue weighted by Gasteiger charge is 2.25. The third-order valence-electron chi connectivity index (χ3n) is 4.04. The van der Waals surface area contributed by atoms with E-state index in [1.807, 2.05) is 6.07 Å². The molecule has 20 heavy (non-hydrogen) atoms. The fraction of sp³-hybridized carbons (Fsp3) is 0.625. The molecule has 0 aliphatic carbocycles. The van der Waals surface area contributed by atoms with Crippen LogP contribution in [-0.4, -0.2) is 40.0 Å². The minimum atomic E-state index is 0.260. The number of methoxy groups -OCH3 is 1. The van der Waals surface area contributed by atoms with Crippen molar-refractivity contribution in [1.29, 1.82) is 0 Å². The molecule has 0 saturated carbocycles. The summed E-state index contributed by atoms with van der Waals surface area (Å²) >= 11 is 0. The number of likely N-dealkylation sites (N-methyl/N-ethyl adjacent to an activating group) is 1. The lowest BCUT2D eigenvalue weighted by molar-refractivity contribution is 0.193. The highest BCUT2D eigenvalue weighted by molar-refractivity contribution is 5.61. The molecule has 1 aromatic carbocycles. The Balaban J connectivity index is 2.35. The Morgan fingerprint density at radius 1 is 1.50 bits per heavy atom. The number of hydrogen-bond donors (Lipinski definition) is 1. The molecule has 0 bridgehead atoms. The van der Waals surface area contributed by atoms with E-state index >= 15 is 0 Å². The van der Waals surface area contributed by atoms with Gasteiger partial charge in [0.25, 0.3) is 0 Å². The van der Waals surface area contributed by atoms with Gasteiger partial charge in [0.1, 0.15) is 5.75 Å². The first-order chi connectivity index (χ1) is 9.69. The van der Waals surface area contributed by atoms with E-state index < -0.39 is 0 Å². The van der Waals surface area contributed by atoms with E-state index in [0.717, 1.165) is 31.9 Å². The fourth-order valence-corrected chi connectivity index (χ4v) is 2.89. The van der Waals surface area contributed by atoms with Gasteiger partial charge in [0.05, 0.1) is 19.8 Å². The largest absolute Gasteiger partial charge is 0.496 e. The topological polar surface area (TPSA) is 33.7 Å². The predicted octanol–water partition coefficient (Wildman–Crippen LogP) is 2.59. The molecule has 0 amide bonds. The Labute approximate surface area is 122 Å². The van der Waals surface area contributed by atoms with E-state index in [0.29, 0.717) is 6.04 Å². The smallest absolute Gasteiger partial charge is 0.125 e. The van der Waals surface area contributed by atoms with Crippen LogP contribution in [0, 0.1) is 0 Å². The zero-order valence-electron chi connectivity index (χ0n) is 13.0. The van der Waals surface area contributed by atoms with Crippen molar-refractivity contribution in [2.75, 3.05) is 38.8 Å². The molecule has 1 aliphatic heterocycles. The molecule has 1 heterocycles. The van der Waals surface area contributed by atoms with Crippen LogP contribution in [0.25, 0.3) is 0 Å². The van der Waals surface area contributed by atoms with Crippen molar-refractivity contribution < 1.29 is 9.47 Å². The zero-order chi connectivity index (χ0) is 14.5. The minimum Gasteiger partial charge on any atom is -0.496 e. The Morgan fingerprint density at radius 3 is 2.90 bits per heavy atom. The number of anilines is 1. The van der Waals surface area contributed by atoms with Crippen LogP contribution < -0.4 is 15.0 Å². The second-order valence-corrected chi connectivity index (χ2v) is 5.30. The van der Waals surface area contributed by atoms with E-state index in [1.165, 1.54) is 11.3 Å². The van der Waals surface area contributed by atoms with Gasteiger partial charge in [-0.05, 0) is 32.0 Å². The molecule has 4 heteroatoms. The molecule has 1 fully saturated rings. The molecule has 112 valence electrons. The molecular weight excluding hydrogens is 252 g/mol. The summed E-state index contributed by atoms with van der Waals surface area (Å²) in [4.78, 5) is 2.33. The third-order valence-corrected chi connectivity index (χ3v) is 4.04. The van der Waals surface area contributed by atoms with Crippen LogP contribution in [0.5, 0.6) is 5.75 Å². The monoisotopic (exact) mass is 278 g/mol. The zero-order valence-corrected chi connectivity index (χ0v) is 13.0. The summed E-state index contributed by atoms with van der Waals surface area (Å²) in [5, 5.41) is 3.48. The quantitative estimate of drug-likeness (QED) is 0.867. The summed E-state index contributed by atoms with van der Waals surface area (Å²) in [6, 6.07) is 6.98. The maximum Gasteiger partial charge on any atom is 0.125 e. The summed E-state index contributed by atoms with van der Waals surface area (Å²) in [7, 11) is 3.89. The summed E-state index contributed by atoms with van der Waals surface area (Å²) in [5.41, 5.74) is 2.46. The van der Waals surface area contributed by atoms with E-state index in [9.17, 15) is 0 Å². The number of rotatable bonds is 6. The van der Waals surface area contributed by atoms with Crippen LogP contribution in [0.2, 0.25) is 0 Å². The lowest BCUT2D eigenvalue weighted by atomic mass is 10.0. The van der Waals surface area contributed by atoms with Crippen LogP contribution in [0.1, 0.15) is 31.9 Å². The Kier molecular flexibility index (Phi) is 5.26. The molecule has 0 aromatic heterocycles. The highest BCUT2D eigenvalue weighted by atomic mass is 16.5. The Hall–Kier alpha value is -1.26. The van der Waals surface area contributed by atoms with Crippen LogP contribution in [0.15, 0.2) is 18.2 Å². The molecule has 1 aliphatic rings. The van der Waals surface area contributed by atoms with Gasteiger partial charge in [-0.3, -0.25) is 0 Å². The van der Waals surface area contributed by atoms with Crippen molar-refractivity contribution in [3.8, 4) is 5.75 Å². The standard InChI is InChI=1S/C16H26N2O2/c1-5-17-12(2)16-14(7-6-8-15(16)19-4)18(3)13-9-10-20-11-13/h6-8,12-13,17H,5,9-11H2,1-4H3. The van der Waals surface area contributed by atoms with E-state index in [4.69, 9.17) is 9.47 Å². The Morgan fingerprint density at radius 2 is 2.30 bits per heavy atom. The SMILES string of the molecule is CCNC(C)c1c(OC)cccc1N(C)C1CCOC1. The number of nitrogens with one attached hydrogen (secondary N) is 1. The van der Waals surface area contributed by atoms with Gasteiger partial charge < -0.3 is 19.7 Å². The van der Waals surface area contributed by atoms with E-state index in [-0.39, 0.29) is 6.04 Å². The third kappa shape index (κ3) is 3.07. The van der Waals surface area contributed by atoms with Crippen LogP contribution in [0.4, 0.5) is 5.69 Å². The number of nitrogens with zero attached hydrogens (tertiary/aromatic N) is 1. The van der Waals surface area contributed by atoms with E-state index in [1.54, 1.807) is 7.11 Å². The van der Waals surface area contributed by atoms with Crippen molar-refractivity contribution in [3.05, 3.63) is 23.8 Å². The maximum atomic E-state index is 5.57. The maximum absolute atomic E-state index is 5.57. The summed E-state index contributed by atoms with van der Waals surface area (Å²) in [5.74, 6) is 0.946. The molecule has 2 unspecified atom stereocenters. The van der Waals surface area contributed by atoms with Gasteiger partial charge in [-0.1, -0.05) is 13.0 Å². The molecule has 1 saturated heterocycles. The van der Waals surface area contributed by atoms with Crippen LogP contribution in [-0.2, 0) is 4.74 Å². The van der Waals surface area contributed by atoms with Gasteiger partial charge in [-0.15, -0.1) is 0 Å². The van der Waals surface area contributed by atoms with Gasteiger partial charge in [0.15, 0.2) is 0 Å². The predicted molar refractivity (Wildman–Crippen MR) is 82.7 cm³/mol. The number of hydrogen-bond acceptors (Lipinski definition) is 4. The van der Waals surface area contributed by atoms with Gasteiger partial charge in [-0.2, -0.15) is 0 Å². The second kappa shape index (κ2) is 6.95. The van der Waals surface area contributed by atoms with E-state index in [2.05, 4.69) is 43.2 Å². The molecule has 2 atom stereocenters. The van der Waals surface area contributed by atoms with Gasteiger partial charge >= 0.3 is 0 Å². The Bertz CT molecular complexity index is 430. The molecule has 1 aromatic rings. The highest BCUT2D eigenvalue weighted by Crippen LogP contribution is 2.35. The van der Waals surface area contributed by atoms with Crippen molar-refractivity contribution in [1.82, 2.24) is 5.32 Å². The van der Waals surface area contributed by atoms with Gasteiger partial charge in [0.2, 0.25) is 0 Å². The number of ether oxygens (including phenoxy) is 2. The van der Waals surface area contributed by atoms with Crippen LogP contribution in [0.3, 0.4) is 0 Å². The number of benzene rings is 1. The van der Waals surface area contributed by atoms with Crippen molar-refractivity contribution in [2.45, 2.75) is 32.4 Å². The first-order valence-corrected chi connectivity index (χ1v) is 7.39. The van der Waals surface area contributed by atoms with Crippen LogP contribution >= 0.6 is 0 Å². The first kappa shape index (κ1) is 15.1. The normalized spacial score (nSPS) is 19.9. The molecule has 0 spiro atoms. The first-order valence-electron chi connectivity index (χ1n) is 7.39. The minimum absolute atomic E-state index is 0.260. The molecule has 4 nitrogen and oxygen atoms in total. The molecule has 1 N–H and O–H groups in total. The van der Waals surface area contributed by atoms with Crippen molar-refractivity contribution in [3.63, 3.8) is 0 Å². The average Bonchev–Trinajstić information content (AvgIpc) is 3.00. The lowest BCUT2D eigenvalue weighted by Crippen LogP contribution is -2.33. The molecule has 2 rings (SSSR count). The van der Waals surface area contributed by atoms with Crippen molar-refractivity contribution >= 4 is 5.69 Å². The lowest BCUT2D eigenvalue weighted by Gasteiger charge is -2.30. The summed E-state index contributed by atoms with van der Waals surface area (Å²) in [6.07, 6.45) is 1.09. The van der Waals surface area contributed by atoms with Gasteiger partial charge in [-0.25, -0.2) is 0 Å². The summed E-state index contributed by atoms with van der Waals surface area (Å²) in [6.45, 7) is 6.92. The summed E-state index contributed by atoms with van der Waals surface area (Å²) < 4.78 is 11.1. The molecule has 0 radical (unpaired) electrons. The second-order valence-electron chi connectivity index (χ2n) is 5.30. The van der Waals surface area contributed by atoms with Gasteiger partial charge in [0, 0.05) is 30.9 Å². The van der Waals surface area contributed by atoms with Crippen molar-refractivity contribution in [2.24, 2.45) is 0 Å². The average molecular weight is 278 g/mol. The fourth-order valence-electron chi connectivity index (χ4n) is 2.89.